The lowest BCUT2D eigenvalue weighted by Crippen LogP contribution is -2.36. The van der Waals surface area contributed by atoms with Crippen LogP contribution in [0, 0.1) is 0 Å². The molecule has 102 valence electrons. The maximum absolute atomic E-state index is 13.8. The fraction of sp³-hybridized carbons (Fsp3) is 0.308. The van der Waals surface area contributed by atoms with Crippen LogP contribution in [-0.4, -0.2) is 23.1 Å². The van der Waals surface area contributed by atoms with Crippen molar-refractivity contribution in [2.24, 2.45) is 0 Å². The van der Waals surface area contributed by atoms with Crippen molar-refractivity contribution in [3.8, 4) is 0 Å². The van der Waals surface area contributed by atoms with Crippen LogP contribution in [0.15, 0.2) is 42.0 Å². The Morgan fingerprint density at radius 2 is 2.11 bits per heavy atom. The Balaban J connectivity index is 2.34. The van der Waals surface area contributed by atoms with Crippen LogP contribution in [0.5, 0.6) is 0 Å². The zero-order valence-corrected chi connectivity index (χ0v) is 12.1. The molecule has 0 bridgehead atoms. The third-order valence-electron chi connectivity index (χ3n) is 3.03. The van der Waals surface area contributed by atoms with Crippen LogP contribution < -0.4 is 5.32 Å². The Hall–Kier alpha value is -1.56. The summed E-state index contributed by atoms with van der Waals surface area (Å²) in [4.78, 5) is 13.3. The predicted octanol–water partition coefficient (Wildman–Crippen LogP) is 2.64. The number of rotatable bonds is 3. The van der Waals surface area contributed by atoms with Crippen molar-refractivity contribution >= 4 is 21.9 Å². The first-order valence-electron chi connectivity index (χ1n) is 5.78. The zero-order chi connectivity index (χ0) is 14.0. The molecule has 2 atom stereocenters. The first kappa shape index (κ1) is 13.9. The third kappa shape index (κ3) is 2.58. The van der Waals surface area contributed by atoms with E-state index in [2.05, 4.69) is 26.0 Å². The second kappa shape index (κ2) is 5.61. The summed E-state index contributed by atoms with van der Waals surface area (Å²) in [5.74, 6) is -1.38. The molecule has 0 spiro atoms. The standard InChI is InChI=1S/C13H14BrFN2O2/c1-8(9-6-4-3-5-7-9)17-10(12(18)19-2)11(15)16-13(17)14/h3-8,13,16H,1-2H3. The van der Waals surface area contributed by atoms with Crippen LogP contribution in [0.4, 0.5) is 4.39 Å². The number of esters is 1. The van der Waals surface area contributed by atoms with Crippen LogP contribution in [0.2, 0.25) is 0 Å². The number of nitrogens with zero attached hydrogens (tertiary/aromatic N) is 1. The average Bonchev–Trinajstić information content (AvgIpc) is 2.72. The summed E-state index contributed by atoms with van der Waals surface area (Å²) in [6, 6.07) is 9.38. The van der Waals surface area contributed by atoms with E-state index >= 15 is 0 Å². The van der Waals surface area contributed by atoms with Crippen LogP contribution >= 0.6 is 15.9 Å². The molecule has 1 heterocycles. The molecule has 19 heavy (non-hydrogen) atoms. The van der Waals surface area contributed by atoms with Crippen molar-refractivity contribution in [2.75, 3.05) is 7.11 Å². The lowest BCUT2D eigenvalue weighted by atomic mass is 10.1. The Bertz CT molecular complexity index is 507. The zero-order valence-electron chi connectivity index (χ0n) is 10.6. The van der Waals surface area contributed by atoms with E-state index in [0.717, 1.165) is 5.56 Å². The molecular weight excluding hydrogens is 315 g/mol. The number of carbonyl (C=O) groups excluding carboxylic acids is 1. The van der Waals surface area contributed by atoms with E-state index in [1.165, 1.54) is 7.11 Å². The lowest BCUT2D eigenvalue weighted by Gasteiger charge is -2.30. The van der Waals surface area contributed by atoms with Crippen molar-refractivity contribution in [1.29, 1.82) is 0 Å². The second-order valence-corrected chi connectivity index (χ2v) is 5.00. The summed E-state index contributed by atoms with van der Waals surface area (Å²) < 4.78 is 18.4. The van der Waals surface area contributed by atoms with Gasteiger partial charge in [-0.1, -0.05) is 30.3 Å². The van der Waals surface area contributed by atoms with Gasteiger partial charge < -0.3 is 15.0 Å². The van der Waals surface area contributed by atoms with Crippen molar-refractivity contribution in [3.05, 3.63) is 47.5 Å². The van der Waals surface area contributed by atoms with Gasteiger partial charge in [-0.15, -0.1) is 0 Å². The van der Waals surface area contributed by atoms with Crippen molar-refractivity contribution < 1.29 is 13.9 Å². The molecule has 1 aromatic carbocycles. The molecule has 6 heteroatoms. The SMILES string of the molecule is COC(=O)C1=C(F)NC(Br)N1C(C)c1ccccc1. The van der Waals surface area contributed by atoms with Crippen LogP contribution in [0.25, 0.3) is 0 Å². The largest absolute Gasteiger partial charge is 0.464 e. The van der Waals surface area contributed by atoms with Gasteiger partial charge in [-0.2, -0.15) is 4.39 Å². The quantitative estimate of drug-likeness (QED) is 0.526. The van der Waals surface area contributed by atoms with E-state index in [1.807, 2.05) is 37.3 Å². The average molecular weight is 329 g/mol. The first-order valence-corrected chi connectivity index (χ1v) is 6.69. The molecule has 1 aliphatic heterocycles. The van der Waals surface area contributed by atoms with Gasteiger partial charge in [0.2, 0.25) is 5.95 Å². The van der Waals surface area contributed by atoms with Gasteiger partial charge in [0.1, 0.15) is 0 Å². The molecule has 2 rings (SSSR count). The maximum Gasteiger partial charge on any atom is 0.359 e. The number of methoxy groups -OCH3 is 1. The molecule has 0 aromatic heterocycles. The van der Waals surface area contributed by atoms with Crippen LogP contribution in [-0.2, 0) is 9.53 Å². The number of ether oxygens (including phenoxy) is 1. The van der Waals surface area contributed by atoms with E-state index in [9.17, 15) is 9.18 Å². The number of hydrogen-bond acceptors (Lipinski definition) is 4. The molecule has 0 aliphatic carbocycles. The number of hydrogen-bond donors (Lipinski definition) is 1. The highest BCUT2D eigenvalue weighted by molar-refractivity contribution is 9.09. The Morgan fingerprint density at radius 1 is 1.47 bits per heavy atom. The molecule has 1 N–H and O–H groups in total. The van der Waals surface area contributed by atoms with Gasteiger partial charge in [-0.25, -0.2) is 4.79 Å². The van der Waals surface area contributed by atoms with E-state index < -0.39 is 17.0 Å². The smallest absolute Gasteiger partial charge is 0.359 e. The summed E-state index contributed by atoms with van der Waals surface area (Å²) in [6.07, 6.45) is 0. The minimum atomic E-state index is -0.699. The van der Waals surface area contributed by atoms with Crippen LogP contribution in [0.3, 0.4) is 0 Å². The topological polar surface area (TPSA) is 41.6 Å². The molecule has 2 unspecified atom stereocenters. The molecule has 0 saturated carbocycles. The number of alkyl halides is 1. The molecule has 1 aromatic rings. The monoisotopic (exact) mass is 328 g/mol. The van der Waals surface area contributed by atoms with Crippen molar-refractivity contribution in [1.82, 2.24) is 10.2 Å². The Morgan fingerprint density at radius 3 is 2.68 bits per heavy atom. The fourth-order valence-electron chi connectivity index (χ4n) is 2.04. The molecule has 0 saturated heterocycles. The highest BCUT2D eigenvalue weighted by Crippen LogP contribution is 2.34. The Kier molecular flexibility index (Phi) is 4.09. The summed E-state index contributed by atoms with van der Waals surface area (Å²) in [6.45, 7) is 1.90. The molecule has 0 fully saturated rings. The van der Waals surface area contributed by atoms with Gasteiger partial charge in [-0.3, -0.25) is 0 Å². The number of nitrogens with one attached hydrogen (secondary N) is 1. The molecule has 1 aliphatic rings. The normalized spacial score (nSPS) is 20.2. The van der Waals surface area contributed by atoms with E-state index in [1.54, 1.807) is 4.90 Å². The molecular formula is C13H14BrFN2O2. The van der Waals surface area contributed by atoms with Gasteiger partial charge in [-0.05, 0) is 28.4 Å². The summed E-state index contributed by atoms with van der Waals surface area (Å²) in [5, 5.41) is 2.05. The molecule has 0 radical (unpaired) electrons. The number of carbonyl (C=O) groups is 1. The number of benzene rings is 1. The highest BCUT2D eigenvalue weighted by Gasteiger charge is 2.38. The van der Waals surface area contributed by atoms with E-state index in [4.69, 9.17) is 0 Å². The minimum absolute atomic E-state index is 0.0965. The third-order valence-corrected chi connectivity index (χ3v) is 3.70. The van der Waals surface area contributed by atoms with E-state index in [-0.39, 0.29) is 11.7 Å². The molecule has 4 nitrogen and oxygen atoms in total. The highest BCUT2D eigenvalue weighted by atomic mass is 79.9. The minimum Gasteiger partial charge on any atom is -0.464 e. The van der Waals surface area contributed by atoms with Gasteiger partial charge >= 0.3 is 5.97 Å². The van der Waals surface area contributed by atoms with Gasteiger partial charge in [0, 0.05) is 0 Å². The van der Waals surface area contributed by atoms with Crippen molar-refractivity contribution in [2.45, 2.75) is 18.0 Å². The summed E-state index contributed by atoms with van der Waals surface area (Å²) >= 11 is 3.31. The number of halogens is 2. The van der Waals surface area contributed by atoms with E-state index in [0.29, 0.717) is 0 Å². The molecule has 0 amide bonds. The fourth-order valence-corrected chi connectivity index (χ4v) is 2.80. The van der Waals surface area contributed by atoms with Crippen LogP contribution in [0.1, 0.15) is 18.5 Å². The second-order valence-electron chi connectivity index (χ2n) is 4.13. The van der Waals surface area contributed by atoms with Gasteiger partial charge in [0.25, 0.3) is 0 Å². The maximum atomic E-state index is 13.8. The lowest BCUT2D eigenvalue weighted by molar-refractivity contribution is -0.138. The summed E-state index contributed by atoms with van der Waals surface area (Å²) in [5.41, 5.74) is 0.880. The summed E-state index contributed by atoms with van der Waals surface area (Å²) in [7, 11) is 1.23. The first-order chi connectivity index (χ1) is 9.06. The van der Waals surface area contributed by atoms with Gasteiger partial charge in [0.05, 0.1) is 13.2 Å². The Labute approximate surface area is 119 Å². The van der Waals surface area contributed by atoms with Crippen molar-refractivity contribution in [3.63, 3.8) is 0 Å². The predicted molar refractivity (Wildman–Crippen MR) is 72.7 cm³/mol. The van der Waals surface area contributed by atoms with Gasteiger partial charge in [0.15, 0.2) is 10.8 Å².